The third-order valence-corrected chi connectivity index (χ3v) is 4.89. The molecular formula is C15H16BrN3OS. The lowest BCUT2D eigenvalue weighted by molar-refractivity contribution is 0.0629. The van der Waals surface area contributed by atoms with Crippen LogP contribution in [-0.4, -0.2) is 46.9 Å². The first kappa shape index (κ1) is 14.7. The molecule has 1 aliphatic heterocycles. The number of halogens is 1. The Kier molecular flexibility index (Phi) is 4.67. The summed E-state index contributed by atoms with van der Waals surface area (Å²) < 4.78 is 0.699. The van der Waals surface area contributed by atoms with Gasteiger partial charge in [0, 0.05) is 49.4 Å². The van der Waals surface area contributed by atoms with Crippen LogP contribution >= 0.6 is 27.3 Å². The summed E-state index contributed by atoms with van der Waals surface area (Å²) in [6.45, 7) is 4.40. The molecule has 0 spiro atoms. The Bertz CT molecular complexity index is 609. The third kappa shape index (κ3) is 3.70. The SMILES string of the molecule is O=C(c1ccnc(Br)c1)N1CCN(Cc2cccs2)CC1. The van der Waals surface area contributed by atoms with Crippen LogP contribution in [0.3, 0.4) is 0 Å². The van der Waals surface area contributed by atoms with Gasteiger partial charge in [-0.25, -0.2) is 4.98 Å². The van der Waals surface area contributed by atoms with Gasteiger partial charge in [-0.15, -0.1) is 11.3 Å². The van der Waals surface area contributed by atoms with Crippen LogP contribution in [0.5, 0.6) is 0 Å². The van der Waals surface area contributed by atoms with Crippen molar-refractivity contribution >= 4 is 33.2 Å². The van der Waals surface area contributed by atoms with E-state index in [1.807, 2.05) is 4.90 Å². The zero-order valence-corrected chi connectivity index (χ0v) is 13.9. The lowest BCUT2D eigenvalue weighted by Gasteiger charge is -2.34. The molecule has 3 heterocycles. The van der Waals surface area contributed by atoms with E-state index in [-0.39, 0.29) is 5.91 Å². The Labute approximate surface area is 136 Å². The number of aromatic nitrogens is 1. The Balaban J connectivity index is 1.57. The van der Waals surface area contributed by atoms with Crippen LogP contribution in [0.2, 0.25) is 0 Å². The predicted molar refractivity (Wildman–Crippen MR) is 87.4 cm³/mol. The molecule has 1 fully saturated rings. The molecule has 3 rings (SSSR count). The monoisotopic (exact) mass is 365 g/mol. The number of hydrogen-bond donors (Lipinski definition) is 0. The molecule has 110 valence electrons. The Hall–Kier alpha value is -1.24. The fourth-order valence-corrected chi connectivity index (χ4v) is 3.56. The summed E-state index contributed by atoms with van der Waals surface area (Å²) in [6, 6.07) is 7.79. The van der Waals surface area contributed by atoms with Gasteiger partial charge in [-0.05, 0) is 39.5 Å². The number of thiophene rings is 1. The van der Waals surface area contributed by atoms with Crippen LogP contribution < -0.4 is 0 Å². The number of pyridine rings is 1. The van der Waals surface area contributed by atoms with Crippen LogP contribution in [0.25, 0.3) is 0 Å². The summed E-state index contributed by atoms with van der Waals surface area (Å²) >= 11 is 5.10. The molecule has 1 aliphatic rings. The third-order valence-electron chi connectivity index (χ3n) is 3.59. The molecule has 0 unspecified atom stereocenters. The van der Waals surface area contributed by atoms with Crippen molar-refractivity contribution in [2.24, 2.45) is 0 Å². The smallest absolute Gasteiger partial charge is 0.254 e. The van der Waals surface area contributed by atoms with Gasteiger partial charge in [-0.1, -0.05) is 6.07 Å². The molecule has 4 nitrogen and oxygen atoms in total. The van der Waals surface area contributed by atoms with E-state index < -0.39 is 0 Å². The fourth-order valence-electron chi connectivity index (χ4n) is 2.45. The predicted octanol–water partition coefficient (Wildman–Crippen LogP) is 2.86. The molecule has 6 heteroatoms. The molecule has 0 aliphatic carbocycles. The van der Waals surface area contributed by atoms with Crippen molar-refractivity contribution in [3.8, 4) is 0 Å². The fraction of sp³-hybridized carbons (Fsp3) is 0.333. The second kappa shape index (κ2) is 6.68. The summed E-state index contributed by atoms with van der Waals surface area (Å²) in [5, 5.41) is 2.11. The zero-order chi connectivity index (χ0) is 14.7. The Morgan fingerprint density at radius 1 is 1.29 bits per heavy atom. The molecule has 0 bridgehead atoms. The molecule has 0 aromatic carbocycles. The minimum Gasteiger partial charge on any atom is -0.336 e. The van der Waals surface area contributed by atoms with Crippen LogP contribution in [-0.2, 0) is 6.54 Å². The van der Waals surface area contributed by atoms with E-state index in [1.165, 1.54) is 4.88 Å². The van der Waals surface area contributed by atoms with Gasteiger partial charge >= 0.3 is 0 Å². The molecule has 2 aromatic heterocycles. The van der Waals surface area contributed by atoms with Gasteiger partial charge in [0.25, 0.3) is 5.91 Å². The van der Waals surface area contributed by atoms with Crippen molar-refractivity contribution in [2.75, 3.05) is 26.2 Å². The lowest BCUT2D eigenvalue weighted by atomic mass is 10.2. The van der Waals surface area contributed by atoms with Crippen LogP contribution in [0.4, 0.5) is 0 Å². The highest BCUT2D eigenvalue weighted by molar-refractivity contribution is 9.10. The molecule has 0 N–H and O–H groups in total. The summed E-state index contributed by atoms with van der Waals surface area (Å²) in [7, 11) is 0. The van der Waals surface area contributed by atoms with E-state index >= 15 is 0 Å². The lowest BCUT2D eigenvalue weighted by Crippen LogP contribution is -2.48. The number of piperazine rings is 1. The normalized spacial score (nSPS) is 16.1. The largest absolute Gasteiger partial charge is 0.336 e. The average Bonchev–Trinajstić information content (AvgIpc) is 3.00. The Morgan fingerprint density at radius 3 is 2.76 bits per heavy atom. The number of carbonyl (C=O) groups is 1. The number of rotatable bonds is 3. The van der Waals surface area contributed by atoms with Crippen molar-refractivity contribution in [1.82, 2.24) is 14.8 Å². The highest BCUT2D eigenvalue weighted by Crippen LogP contribution is 2.15. The second-order valence-corrected chi connectivity index (χ2v) is 6.86. The molecule has 0 atom stereocenters. The van der Waals surface area contributed by atoms with E-state index in [0.29, 0.717) is 10.2 Å². The molecule has 1 amide bonds. The van der Waals surface area contributed by atoms with Crippen molar-refractivity contribution < 1.29 is 4.79 Å². The second-order valence-electron chi connectivity index (χ2n) is 5.01. The van der Waals surface area contributed by atoms with Gasteiger partial charge in [0.05, 0.1) is 0 Å². The molecule has 0 radical (unpaired) electrons. The standard InChI is InChI=1S/C15H16BrN3OS/c16-14-10-12(3-4-17-14)15(20)19-7-5-18(6-8-19)11-13-2-1-9-21-13/h1-4,9-10H,5-8,11H2. The highest BCUT2D eigenvalue weighted by atomic mass is 79.9. The van der Waals surface area contributed by atoms with Crippen molar-refractivity contribution in [1.29, 1.82) is 0 Å². The maximum absolute atomic E-state index is 12.4. The topological polar surface area (TPSA) is 36.4 Å². The quantitative estimate of drug-likeness (QED) is 0.784. The summed E-state index contributed by atoms with van der Waals surface area (Å²) in [5.41, 5.74) is 0.698. The average molecular weight is 366 g/mol. The molecule has 21 heavy (non-hydrogen) atoms. The summed E-state index contributed by atoms with van der Waals surface area (Å²) in [4.78, 5) is 22.2. The first-order valence-corrected chi connectivity index (χ1v) is 8.55. The zero-order valence-electron chi connectivity index (χ0n) is 11.5. The van der Waals surface area contributed by atoms with Crippen molar-refractivity contribution in [3.63, 3.8) is 0 Å². The minimum atomic E-state index is 0.0915. The summed E-state index contributed by atoms with van der Waals surface area (Å²) in [6.07, 6.45) is 1.66. The van der Waals surface area contributed by atoms with E-state index in [2.05, 4.69) is 43.3 Å². The number of hydrogen-bond acceptors (Lipinski definition) is 4. The van der Waals surface area contributed by atoms with Gasteiger partial charge in [0.2, 0.25) is 0 Å². The molecular weight excluding hydrogens is 350 g/mol. The first-order valence-electron chi connectivity index (χ1n) is 6.88. The van der Waals surface area contributed by atoms with Crippen LogP contribution in [0, 0.1) is 0 Å². The first-order chi connectivity index (χ1) is 10.2. The maximum atomic E-state index is 12.4. The van der Waals surface area contributed by atoms with Gasteiger partial charge < -0.3 is 4.90 Å². The highest BCUT2D eigenvalue weighted by Gasteiger charge is 2.22. The summed E-state index contributed by atoms with van der Waals surface area (Å²) in [5.74, 6) is 0.0915. The van der Waals surface area contributed by atoms with Crippen molar-refractivity contribution in [3.05, 3.63) is 50.9 Å². The van der Waals surface area contributed by atoms with Gasteiger partial charge in [-0.2, -0.15) is 0 Å². The van der Waals surface area contributed by atoms with Crippen molar-refractivity contribution in [2.45, 2.75) is 6.54 Å². The van der Waals surface area contributed by atoms with Gasteiger partial charge in [0.1, 0.15) is 4.60 Å². The molecule has 1 saturated heterocycles. The van der Waals surface area contributed by atoms with E-state index in [0.717, 1.165) is 32.7 Å². The maximum Gasteiger partial charge on any atom is 0.254 e. The number of nitrogens with zero attached hydrogens (tertiary/aromatic N) is 3. The van der Waals surface area contributed by atoms with E-state index in [9.17, 15) is 4.79 Å². The van der Waals surface area contributed by atoms with E-state index in [1.54, 1.807) is 29.7 Å². The number of carbonyl (C=O) groups excluding carboxylic acids is 1. The van der Waals surface area contributed by atoms with Crippen LogP contribution in [0.15, 0.2) is 40.4 Å². The van der Waals surface area contributed by atoms with Gasteiger partial charge in [-0.3, -0.25) is 9.69 Å². The van der Waals surface area contributed by atoms with Crippen LogP contribution in [0.1, 0.15) is 15.2 Å². The molecule has 2 aromatic rings. The molecule has 0 saturated carbocycles. The minimum absolute atomic E-state index is 0.0915. The Morgan fingerprint density at radius 2 is 2.10 bits per heavy atom. The van der Waals surface area contributed by atoms with Gasteiger partial charge in [0.15, 0.2) is 0 Å². The number of amides is 1. The van der Waals surface area contributed by atoms with E-state index in [4.69, 9.17) is 0 Å².